The first kappa shape index (κ1) is 14.0. The van der Waals surface area contributed by atoms with Crippen molar-refractivity contribution >= 4 is 5.82 Å². The molecule has 1 aromatic carbocycles. The van der Waals surface area contributed by atoms with E-state index in [4.69, 9.17) is 5.73 Å². The van der Waals surface area contributed by atoms with Crippen LogP contribution in [0.4, 0.5) is 19.0 Å². The first-order valence-corrected chi connectivity index (χ1v) is 7.04. The molecule has 21 heavy (non-hydrogen) atoms. The standard InChI is InChI=1S/C15H16F3N3/c1-2-3-13-20-14(15(19)21(13)8-4-5-8)9-6-11(17)12(18)7-10(9)16/h6-8H,2-5,19H2,1H3. The highest BCUT2D eigenvalue weighted by Gasteiger charge is 2.30. The summed E-state index contributed by atoms with van der Waals surface area (Å²) in [5.41, 5.74) is 6.18. The minimum absolute atomic E-state index is 0.0943. The van der Waals surface area contributed by atoms with E-state index >= 15 is 0 Å². The number of nitrogens with zero attached hydrogens (tertiary/aromatic N) is 2. The lowest BCUT2D eigenvalue weighted by atomic mass is 10.1. The summed E-state index contributed by atoms with van der Waals surface area (Å²) in [6, 6.07) is 1.64. The van der Waals surface area contributed by atoms with Gasteiger partial charge in [-0.05, 0) is 25.3 Å². The zero-order valence-electron chi connectivity index (χ0n) is 11.7. The number of hydrogen-bond acceptors (Lipinski definition) is 2. The summed E-state index contributed by atoms with van der Waals surface area (Å²) < 4.78 is 42.3. The monoisotopic (exact) mass is 295 g/mol. The van der Waals surface area contributed by atoms with E-state index in [9.17, 15) is 13.2 Å². The molecule has 0 radical (unpaired) electrons. The van der Waals surface area contributed by atoms with E-state index in [-0.39, 0.29) is 11.3 Å². The van der Waals surface area contributed by atoms with Crippen LogP contribution in [0.25, 0.3) is 11.3 Å². The van der Waals surface area contributed by atoms with E-state index in [0.717, 1.165) is 31.2 Å². The number of benzene rings is 1. The van der Waals surface area contributed by atoms with Gasteiger partial charge >= 0.3 is 0 Å². The van der Waals surface area contributed by atoms with Crippen molar-refractivity contribution in [3.8, 4) is 11.3 Å². The maximum Gasteiger partial charge on any atom is 0.161 e. The van der Waals surface area contributed by atoms with Crippen LogP contribution >= 0.6 is 0 Å². The molecule has 0 saturated heterocycles. The summed E-state index contributed by atoms with van der Waals surface area (Å²) in [7, 11) is 0. The molecule has 1 saturated carbocycles. The molecule has 0 amide bonds. The molecule has 2 N–H and O–H groups in total. The van der Waals surface area contributed by atoms with Crippen molar-refractivity contribution in [2.45, 2.75) is 38.6 Å². The van der Waals surface area contributed by atoms with Crippen LogP contribution in [-0.2, 0) is 6.42 Å². The fourth-order valence-corrected chi connectivity index (χ4v) is 2.54. The molecule has 0 spiro atoms. The summed E-state index contributed by atoms with van der Waals surface area (Å²) >= 11 is 0. The molecule has 0 bridgehead atoms. The Labute approximate surface area is 120 Å². The quantitative estimate of drug-likeness (QED) is 0.871. The molecular formula is C15H16F3N3. The molecule has 112 valence electrons. The highest BCUT2D eigenvalue weighted by atomic mass is 19.2. The summed E-state index contributed by atoms with van der Waals surface area (Å²) in [5, 5.41) is 0. The number of anilines is 1. The molecule has 1 heterocycles. The predicted octanol–water partition coefficient (Wildman–Crippen LogP) is 3.84. The number of hydrogen-bond donors (Lipinski definition) is 1. The van der Waals surface area contributed by atoms with Crippen molar-refractivity contribution in [3.05, 3.63) is 35.4 Å². The van der Waals surface area contributed by atoms with Crippen molar-refractivity contribution in [1.82, 2.24) is 9.55 Å². The molecule has 2 aromatic rings. The molecule has 3 rings (SSSR count). The average molecular weight is 295 g/mol. The number of halogens is 3. The van der Waals surface area contributed by atoms with Gasteiger partial charge in [0, 0.05) is 24.1 Å². The van der Waals surface area contributed by atoms with E-state index in [0.29, 0.717) is 24.3 Å². The minimum atomic E-state index is -1.22. The average Bonchev–Trinajstić information content (AvgIpc) is 3.20. The van der Waals surface area contributed by atoms with Crippen molar-refractivity contribution in [1.29, 1.82) is 0 Å². The summed E-state index contributed by atoms with van der Waals surface area (Å²) in [5.74, 6) is -2.08. The molecule has 3 nitrogen and oxygen atoms in total. The summed E-state index contributed by atoms with van der Waals surface area (Å²) in [4.78, 5) is 4.37. The van der Waals surface area contributed by atoms with Crippen LogP contribution in [0.1, 0.15) is 38.1 Å². The molecule has 1 aliphatic rings. The van der Waals surface area contributed by atoms with E-state index in [1.807, 2.05) is 11.5 Å². The first-order valence-electron chi connectivity index (χ1n) is 7.04. The van der Waals surface area contributed by atoms with Crippen LogP contribution < -0.4 is 5.73 Å². The summed E-state index contributed by atoms with van der Waals surface area (Å²) in [6.07, 6.45) is 3.61. The highest BCUT2D eigenvalue weighted by molar-refractivity contribution is 5.72. The maximum atomic E-state index is 13.9. The molecule has 1 aliphatic carbocycles. The normalized spacial score (nSPS) is 14.7. The van der Waals surface area contributed by atoms with Gasteiger partial charge in [-0.3, -0.25) is 0 Å². The Morgan fingerprint density at radius 1 is 1.19 bits per heavy atom. The molecule has 0 unspecified atom stereocenters. The van der Waals surface area contributed by atoms with Gasteiger partial charge in [0.2, 0.25) is 0 Å². The van der Waals surface area contributed by atoms with Crippen LogP contribution in [0.5, 0.6) is 0 Å². The lowest BCUT2D eigenvalue weighted by Crippen LogP contribution is -2.05. The number of aryl methyl sites for hydroxylation is 1. The van der Waals surface area contributed by atoms with Gasteiger partial charge in [-0.1, -0.05) is 6.92 Å². The second-order valence-electron chi connectivity index (χ2n) is 5.36. The Kier molecular flexibility index (Phi) is 3.39. The lowest BCUT2D eigenvalue weighted by Gasteiger charge is -2.07. The molecule has 0 aliphatic heterocycles. The third-order valence-electron chi connectivity index (χ3n) is 3.67. The SMILES string of the molecule is CCCc1nc(-c2cc(F)c(F)cc2F)c(N)n1C1CC1. The van der Waals surface area contributed by atoms with E-state index in [2.05, 4.69) is 4.98 Å². The fraction of sp³-hybridized carbons (Fsp3) is 0.400. The van der Waals surface area contributed by atoms with Crippen LogP contribution in [-0.4, -0.2) is 9.55 Å². The lowest BCUT2D eigenvalue weighted by molar-refractivity contribution is 0.496. The number of nitrogens with two attached hydrogens (primary N) is 1. The van der Waals surface area contributed by atoms with E-state index in [1.165, 1.54) is 0 Å². The zero-order chi connectivity index (χ0) is 15.1. The number of nitrogen functional groups attached to an aromatic ring is 1. The Bertz CT molecular complexity index is 690. The Balaban J connectivity index is 2.14. The number of aromatic nitrogens is 2. The van der Waals surface area contributed by atoms with Gasteiger partial charge < -0.3 is 10.3 Å². The maximum absolute atomic E-state index is 13.9. The van der Waals surface area contributed by atoms with Gasteiger partial charge in [-0.25, -0.2) is 18.2 Å². The molecule has 1 aromatic heterocycles. The summed E-state index contributed by atoms with van der Waals surface area (Å²) in [6.45, 7) is 2.01. The fourth-order valence-electron chi connectivity index (χ4n) is 2.54. The second-order valence-corrected chi connectivity index (χ2v) is 5.36. The zero-order valence-corrected chi connectivity index (χ0v) is 11.7. The van der Waals surface area contributed by atoms with Gasteiger partial charge in [0.1, 0.15) is 23.2 Å². The van der Waals surface area contributed by atoms with E-state index in [1.54, 1.807) is 0 Å². The minimum Gasteiger partial charge on any atom is -0.383 e. The van der Waals surface area contributed by atoms with Crippen molar-refractivity contribution in [3.63, 3.8) is 0 Å². The van der Waals surface area contributed by atoms with Gasteiger partial charge in [0.25, 0.3) is 0 Å². The number of rotatable bonds is 4. The third-order valence-corrected chi connectivity index (χ3v) is 3.67. The molecular weight excluding hydrogens is 279 g/mol. The van der Waals surface area contributed by atoms with Crippen LogP contribution in [0.2, 0.25) is 0 Å². The second kappa shape index (κ2) is 5.09. The van der Waals surface area contributed by atoms with E-state index < -0.39 is 17.5 Å². The third kappa shape index (κ3) is 2.39. The van der Waals surface area contributed by atoms with Gasteiger partial charge in [0.15, 0.2) is 11.6 Å². The van der Waals surface area contributed by atoms with Crippen LogP contribution in [0.15, 0.2) is 12.1 Å². The van der Waals surface area contributed by atoms with Crippen molar-refractivity contribution < 1.29 is 13.2 Å². The Morgan fingerprint density at radius 3 is 2.48 bits per heavy atom. The first-order chi connectivity index (χ1) is 10.0. The Morgan fingerprint density at radius 2 is 1.86 bits per heavy atom. The van der Waals surface area contributed by atoms with Crippen molar-refractivity contribution in [2.24, 2.45) is 0 Å². The highest BCUT2D eigenvalue weighted by Crippen LogP contribution is 2.41. The number of imidazole rings is 1. The Hall–Kier alpha value is -1.98. The van der Waals surface area contributed by atoms with Crippen LogP contribution in [0, 0.1) is 17.5 Å². The van der Waals surface area contributed by atoms with Crippen molar-refractivity contribution in [2.75, 3.05) is 5.73 Å². The largest absolute Gasteiger partial charge is 0.383 e. The molecule has 1 fully saturated rings. The van der Waals surface area contributed by atoms with Gasteiger partial charge in [-0.15, -0.1) is 0 Å². The predicted molar refractivity (Wildman–Crippen MR) is 74.2 cm³/mol. The molecule has 0 atom stereocenters. The van der Waals surface area contributed by atoms with Gasteiger partial charge in [0.05, 0.1) is 0 Å². The smallest absolute Gasteiger partial charge is 0.161 e. The van der Waals surface area contributed by atoms with Gasteiger partial charge in [-0.2, -0.15) is 0 Å². The topological polar surface area (TPSA) is 43.8 Å². The molecule has 6 heteroatoms. The van der Waals surface area contributed by atoms with Crippen LogP contribution in [0.3, 0.4) is 0 Å².